The van der Waals surface area contributed by atoms with E-state index in [1.165, 1.54) is 4.80 Å². The molecule has 0 aromatic carbocycles. The molecule has 0 aliphatic rings. The Labute approximate surface area is 53.1 Å². The molecule has 1 heterocycles. The summed E-state index contributed by atoms with van der Waals surface area (Å²) in [6, 6.07) is 0. The van der Waals surface area contributed by atoms with E-state index in [1.807, 2.05) is 0 Å². The van der Waals surface area contributed by atoms with Crippen molar-refractivity contribution in [1.29, 1.82) is 0 Å². The minimum Gasteiger partial charge on any atom is -0.396 e. The van der Waals surface area contributed by atoms with E-state index < -0.39 is 0 Å². The van der Waals surface area contributed by atoms with Gasteiger partial charge in [-0.05, 0) is 0 Å². The van der Waals surface area contributed by atoms with Crippen molar-refractivity contribution in [3.05, 3.63) is 11.9 Å². The second kappa shape index (κ2) is 2.59. The van der Waals surface area contributed by atoms with Crippen LogP contribution in [0.5, 0.6) is 0 Å². The highest BCUT2D eigenvalue weighted by Gasteiger charge is 1.93. The van der Waals surface area contributed by atoms with Crippen LogP contribution in [0.1, 0.15) is 5.69 Å². The zero-order valence-corrected chi connectivity index (χ0v) is 5.28. The quantitative estimate of drug-likeness (QED) is 0.574. The van der Waals surface area contributed by atoms with Crippen LogP contribution < -0.4 is 0 Å². The monoisotopic (exact) mass is 127 g/mol. The van der Waals surface area contributed by atoms with Gasteiger partial charge in [0.25, 0.3) is 0 Å². The van der Waals surface area contributed by atoms with Crippen molar-refractivity contribution in [2.24, 2.45) is 7.05 Å². The van der Waals surface area contributed by atoms with Crippen LogP contribution in [0.3, 0.4) is 0 Å². The molecule has 9 heavy (non-hydrogen) atoms. The Bertz CT molecular complexity index is 184. The fraction of sp³-hybridized carbons (Fsp3) is 0.600. The van der Waals surface area contributed by atoms with E-state index in [4.69, 9.17) is 5.11 Å². The van der Waals surface area contributed by atoms with Gasteiger partial charge in [0.15, 0.2) is 0 Å². The van der Waals surface area contributed by atoms with Gasteiger partial charge in [-0.1, -0.05) is 0 Å². The van der Waals surface area contributed by atoms with Gasteiger partial charge in [-0.2, -0.15) is 15.0 Å². The summed E-state index contributed by atoms with van der Waals surface area (Å²) in [7, 11) is 1.75. The fourth-order valence-corrected chi connectivity index (χ4v) is 0.617. The van der Waals surface area contributed by atoms with Crippen molar-refractivity contribution in [2.75, 3.05) is 6.61 Å². The van der Waals surface area contributed by atoms with Gasteiger partial charge in [0, 0.05) is 20.1 Å². The third kappa shape index (κ3) is 1.50. The van der Waals surface area contributed by atoms with E-state index in [2.05, 4.69) is 10.2 Å². The molecule has 0 spiro atoms. The lowest BCUT2D eigenvalue weighted by Gasteiger charge is -1.85. The van der Waals surface area contributed by atoms with Crippen molar-refractivity contribution in [3.8, 4) is 0 Å². The van der Waals surface area contributed by atoms with E-state index in [1.54, 1.807) is 13.2 Å². The molecule has 0 aliphatic carbocycles. The molecule has 50 valence electrons. The molecule has 0 fully saturated rings. The summed E-state index contributed by atoms with van der Waals surface area (Å²) >= 11 is 0. The van der Waals surface area contributed by atoms with Gasteiger partial charge in [-0.15, -0.1) is 0 Å². The highest BCUT2D eigenvalue weighted by atomic mass is 16.3. The zero-order chi connectivity index (χ0) is 6.69. The summed E-state index contributed by atoms with van der Waals surface area (Å²) in [5, 5.41) is 16.2. The van der Waals surface area contributed by atoms with Gasteiger partial charge in [-0.25, -0.2) is 0 Å². The smallest absolute Gasteiger partial charge is 0.0849 e. The maximum absolute atomic E-state index is 8.45. The summed E-state index contributed by atoms with van der Waals surface area (Å²) in [6.07, 6.45) is 2.24. The number of nitrogens with zero attached hydrogens (tertiary/aromatic N) is 3. The van der Waals surface area contributed by atoms with E-state index >= 15 is 0 Å². The average Bonchev–Trinajstić information content (AvgIpc) is 2.17. The number of aryl methyl sites for hydroxylation is 1. The van der Waals surface area contributed by atoms with Crippen LogP contribution >= 0.6 is 0 Å². The van der Waals surface area contributed by atoms with E-state index in [9.17, 15) is 0 Å². The molecule has 0 atom stereocenters. The minimum absolute atomic E-state index is 0.138. The topological polar surface area (TPSA) is 50.9 Å². The maximum Gasteiger partial charge on any atom is 0.0849 e. The van der Waals surface area contributed by atoms with Gasteiger partial charge in [0.2, 0.25) is 0 Å². The Morgan fingerprint density at radius 2 is 2.56 bits per heavy atom. The van der Waals surface area contributed by atoms with Gasteiger partial charge in [0.1, 0.15) is 0 Å². The molecule has 0 bridgehead atoms. The standard InChI is InChI=1S/C5H9N3O/c1-8-6-4-5(7-8)2-3-9/h4,9H,2-3H2,1H3. The molecule has 0 aliphatic heterocycles. The van der Waals surface area contributed by atoms with Gasteiger partial charge in [-0.3, -0.25) is 0 Å². The Morgan fingerprint density at radius 3 is 3.00 bits per heavy atom. The molecule has 0 unspecified atom stereocenters. The number of aliphatic hydroxyl groups excluding tert-OH is 1. The number of hydrogen-bond acceptors (Lipinski definition) is 3. The number of rotatable bonds is 2. The molecule has 1 rings (SSSR count). The fourth-order valence-electron chi connectivity index (χ4n) is 0.617. The van der Waals surface area contributed by atoms with Crippen LogP contribution in [0.4, 0.5) is 0 Å². The highest BCUT2D eigenvalue weighted by molar-refractivity contribution is 4.90. The summed E-state index contributed by atoms with van der Waals surface area (Å²) in [4.78, 5) is 1.48. The van der Waals surface area contributed by atoms with Crippen molar-refractivity contribution in [1.82, 2.24) is 15.0 Å². The van der Waals surface area contributed by atoms with Gasteiger partial charge >= 0.3 is 0 Å². The van der Waals surface area contributed by atoms with Crippen LogP contribution in [0, 0.1) is 0 Å². The first-order chi connectivity index (χ1) is 4.33. The Hall–Kier alpha value is -0.900. The predicted molar refractivity (Wildman–Crippen MR) is 31.8 cm³/mol. The van der Waals surface area contributed by atoms with Crippen LogP contribution in [-0.2, 0) is 13.5 Å². The Balaban J connectivity index is 2.61. The zero-order valence-electron chi connectivity index (χ0n) is 5.28. The van der Waals surface area contributed by atoms with Gasteiger partial charge < -0.3 is 5.11 Å². The van der Waals surface area contributed by atoms with E-state index in [-0.39, 0.29) is 6.61 Å². The molecule has 0 amide bonds. The molecule has 0 saturated carbocycles. The van der Waals surface area contributed by atoms with Crippen LogP contribution in [0.2, 0.25) is 0 Å². The first-order valence-electron chi connectivity index (χ1n) is 2.79. The largest absolute Gasteiger partial charge is 0.396 e. The number of hydrogen-bond donors (Lipinski definition) is 1. The molecule has 1 aromatic rings. The summed E-state index contributed by atoms with van der Waals surface area (Å²) in [5.41, 5.74) is 0.833. The molecular weight excluding hydrogens is 118 g/mol. The molecule has 4 nitrogen and oxygen atoms in total. The Kier molecular flexibility index (Phi) is 1.79. The van der Waals surface area contributed by atoms with Crippen molar-refractivity contribution >= 4 is 0 Å². The lowest BCUT2D eigenvalue weighted by molar-refractivity contribution is 0.298. The number of aliphatic hydroxyl groups is 1. The molecular formula is C5H9N3O. The molecule has 0 saturated heterocycles. The number of aromatic nitrogens is 3. The third-order valence-electron chi connectivity index (χ3n) is 1.01. The lowest BCUT2D eigenvalue weighted by atomic mass is 10.4. The van der Waals surface area contributed by atoms with Crippen molar-refractivity contribution in [3.63, 3.8) is 0 Å². The Morgan fingerprint density at radius 1 is 1.78 bits per heavy atom. The summed E-state index contributed by atoms with van der Waals surface area (Å²) in [6.45, 7) is 0.138. The normalized spacial score (nSPS) is 10.0. The highest BCUT2D eigenvalue weighted by Crippen LogP contribution is 1.89. The second-order valence-electron chi connectivity index (χ2n) is 1.80. The first-order valence-corrected chi connectivity index (χ1v) is 2.79. The summed E-state index contributed by atoms with van der Waals surface area (Å²) < 4.78 is 0. The van der Waals surface area contributed by atoms with Crippen molar-refractivity contribution < 1.29 is 5.11 Å². The van der Waals surface area contributed by atoms with E-state index in [0.29, 0.717) is 6.42 Å². The predicted octanol–water partition coefficient (Wildman–Crippen LogP) is -0.650. The second-order valence-corrected chi connectivity index (χ2v) is 1.80. The minimum atomic E-state index is 0.138. The van der Waals surface area contributed by atoms with Crippen LogP contribution in [0.25, 0.3) is 0 Å². The molecule has 1 aromatic heterocycles. The maximum atomic E-state index is 8.45. The van der Waals surface area contributed by atoms with Crippen molar-refractivity contribution in [2.45, 2.75) is 6.42 Å². The van der Waals surface area contributed by atoms with E-state index in [0.717, 1.165) is 5.69 Å². The molecule has 0 radical (unpaired) electrons. The van der Waals surface area contributed by atoms with Crippen LogP contribution in [0.15, 0.2) is 6.20 Å². The molecule has 4 heteroatoms. The molecule has 1 N–H and O–H groups in total. The van der Waals surface area contributed by atoms with Crippen LogP contribution in [-0.4, -0.2) is 26.7 Å². The average molecular weight is 127 g/mol. The first kappa shape index (κ1) is 6.22. The third-order valence-corrected chi connectivity index (χ3v) is 1.01. The van der Waals surface area contributed by atoms with Gasteiger partial charge in [0.05, 0.1) is 11.9 Å². The lowest BCUT2D eigenvalue weighted by Crippen LogP contribution is -1.95. The summed E-state index contributed by atoms with van der Waals surface area (Å²) in [5.74, 6) is 0. The SMILES string of the molecule is Cn1ncc(CCO)n1.